The molecule has 0 atom stereocenters. The highest BCUT2D eigenvalue weighted by Gasteiger charge is 2.14. The summed E-state index contributed by atoms with van der Waals surface area (Å²) in [7, 11) is 0. The van der Waals surface area contributed by atoms with Gasteiger partial charge >= 0.3 is 0 Å². The molecule has 0 spiro atoms. The smallest absolute Gasteiger partial charge is 0.289 e. The first-order valence-corrected chi connectivity index (χ1v) is 9.44. The van der Waals surface area contributed by atoms with Gasteiger partial charge in [-0.15, -0.1) is 17.8 Å². The minimum Gasteiger partial charge on any atom is -0.303 e. The zero-order valence-corrected chi connectivity index (χ0v) is 16.1. The number of halogens is 3. The Morgan fingerprint density at radius 3 is 2.74 bits per heavy atom. The highest BCUT2D eigenvalue weighted by atomic mass is 79.9. The Labute approximate surface area is 158 Å². The van der Waals surface area contributed by atoms with E-state index in [2.05, 4.69) is 26.8 Å². The summed E-state index contributed by atoms with van der Waals surface area (Å²) in [5, 5.41) is 0.839. The Morgan fingerprint density at radius 1 is 1.30 bits per heavy atom. The van der Waals surface area contributed by atoms with Crippen LogP contribution in [0.15, 0.2) is 33.0 Å². The molecule has 0 saturated carbocycles. The van der Waals surface area contributed by atoms with Gasteiger partial charge in [0.25, 0.3) is 5.91 Å². The van der Waals surface area contributed by atoms with Crippen LogP contribution in [0, 0.1) is 12.3 Å². The maximum absolute atomic E-state index is 12.3. The molecule has 1 amide bonds. The molecule has 3 nitrogen and oxygen atoms in total. The highest BCUT2D eigenvalue weighted by molar-refractivity contribution is 9.11. The lowest BCUT2D eigenvalue weighted by atomic mass is 10.3. The number of nitrogens with zero attached hydrogens (tertiary/aromatic N) is 2. The normalized spacial score (nSPS) is 11.8. The van der Waals surface area contributed by atoms with Gasteiger partial charge in [-0.1, -0.05) is 40.5 Å². The van der Waals surface area contributed by atoms with E-state index in [9.17, 15) is 4.79 Å². The molecule has 116 valence electrons. The summed E-state index contributed by atoms with van der Waals surface area (Å²) in [5.41, 5.74) is 0.695. The molecule has 3 rings (SSSR count). The first-order valence-electron chi connectivity index (χ1n) is 6.26. The number of carbonyl (C=O) groups excluding carboxylic acids is 1. The number of fused-ring (bicyclic) bond motifs is 1. The SMILES string of the molecule is C#CCn1c(=NC(=O)c2ccc(Br)s2)sc2ccc(Cl)c(Cl)c21. The van der Waals surface area contributed by atoms with Crippen LogP contribution in [0.3, 0.4) is 0 Å². The van der Waals surface area contributed by atoms with Gasteiger partial charge in [-0.2, -0.15) is 4.99 Å². The van der Waals surface area contributed by atoms with E-state index in [1.54, 1.807) is 16.7 Å². The zero-order chi connectivity index (χ0) is 16.6. The Bertz CT molecular complexity index is 1030. The molecule has 1 aromatic carbocycles. The second kappa shape index (κ2) is 6.80. The highest BCUT2D eigenvalue weighted by Crippen LogP contribution is 2.32. The number of terminal acetylenes is 1. The van der Waals surface area contributed by atoms with Gasteiger partial charge in [0.05, 0.1) is 35.5 Å². The van der Waals surface area contributed by atoms with Crippen molar-refractivity contribution >= 4 is 77.9 Å². The third-order valence-corrected chi connectivity index (χ3v) is 6.41. The van der Waals surface area contributed by atoms with Crippen molar-refractivity contribution in [3.8, 4) is 12.3 Å². The topological polar surface area (TPSA) is 34.4 Å². The second-order valence-electron chi connectivity index (χ2n) is 4.40. The Kier molecular flexibility index (Phi) is 4.95. The van der Waals surface area contributed by atoms with Crippen LogP contribution in [0.5, 0.6) is 0 Å². The lowest BCUT2D eigenvalue weighted by molar-refractivity contribution is 0.100. The standard InChI is InChI=1S/C15H7BrCl2N2OS2/c1-2-7-20-13-9(4-3-8(17)12(13)18)23-15(20)19-14(21)10-5-6-11(16)22-10/h1,3-6H,7H2. The average molecular weight is 446 g/mol. The van der Waals surface area contributed by atoms with Gasteiger partial charge in [0, 0.05) is 0 Å². The Morgan fingerprint density at radius 2 is 2.09 bits per heavy atom. The number of carbonyl (C=O) groups is 1. The molecule has 0 fully saturated rings. The summed E-state index contributed by atoms with van der Waals surface area (Å²) >= 11 is 18.4. The van der Waals surface area contributed by atoms with Crippen molar-refractivity contribution in [1.29, 1.82) is 0 Å². The van der Waals surface area contributed by atoms with Crippen molar-refractivity contribution < 1.29 is 4.79 Å². The van der Waals surface area contributed by atoms with Crippen molar-refractivity contribution in [2.75, 3.05) is 0 Å². The number of rotatable bonds is 2. The molecule has 0 radical (unpaired) electrons. The summed E-state index contributed by atoms with van der Waals surface area (Å²) in [6.07, 6.45) is 5.44. The number of hydrogen-bond donors (Lipinski definition) is 0. The van der Waals surface area contributed by atoms with Crippen molar-refractivity contribution in [3.63, 3.8) is 0 Å². The van der Waals surface area contributed by atoms with Gasteiger partial charge in [-0.3, -0.25) is 4.79 Å². The van der Waals surface area contributed by atoms with Gasteiger partial charge in [-0.25, -0.2) is 0 Å². The molecule has 0 aliphatic carbocycles. The van der Waals surface area contributed by atoms with E-state index in [1.165, 1.54) is 22.7 Å². The maximum Gasteiger partial charge on any atom is 0.289 e. The van der Waals surface area contributed by atoms with Crippen LogP contribution in [0.25, 0.3) is 10.2 Å². The number of aromatic nitrogens is 1. The van der Waals surface area contributed by atoms with Crippen LogP contribution < -0.4 is 4.80 Å². The predicted octanol–water partition coefficient (Wildman–Crippen LogP) is 5.21. The van der Waals surface area contributed by atoms with E-state index < -0.39 is 0 Å². The number of benzene rings is 1. The minimum atomic E-state index is -0.319. The molecule has 23 heavy (non-hydrogen) atoms. The molecule has 0 aliphatic rings. The third kappa shape index (κ3) is 3.25. The van der Waals surface area contributed by atoms with E-state index in [0.717, 1.165) is 8.49 Å². The molecular formula is C15H7BrCl2N2OS2. The summed E-state index contributed by atoms with van der Waals surface area (Å²) in [5.74, 6) is 2.24. The first-order chi connectivity index (χ1) is 11.0. The van der Waals surface area contributed by atoms with E-state index in [1.807, 2.05) is 12.1 Å². The van der Waals surface area contributed by atoms with E-state index in [4.69, 9.17) is 29.6 Å². The van der Waals surface area contributed by atoms with Crippen LogP contribution in [-0.2, 0) is 6.54 Å². The molecule has 0 saturated heterocycles. The first kappa shape index (κ1) is 16.7. The van der Waals surface area contributed by atoms with E-state index >= 15 is 0 Å². The number of amides is 1. The van der Waals surface area contributed by atoms with E-state index in [-0.39, 0.29) is 12.5 Å². The summed E-state index contributed by atoms with van der Waals surface area (Å²) < 4.78 is 3.47. The fraction of sp³-hybridized carbons (Fsp3) is 0.0667. The second-order valence-corrected chi connectivity index (χ2v) is 8.66. The fourth-order valence-corrected chi connectivity index (χ4v) is 4.78. The predicted molar refractivity (Wildman–Crippen MR) is 101 cm³/mol. The van der Waals surface area contributed by atoms with Crippen LogP contribution in [0.4, 0.5) is 0 Å². The molecule has 0 aliphatic heterocycles. The van der Waals surface area contributed by atoms with Gasteiger partial charge < -0.3 is 4.57 Å². The molecule has 8 heteroatoms. The van der Waals surface area contributed by atoms with Crippen LogP contribution in [0.2, 0.25) is 10.0 Å². The monoisotopic (exact) mass is 444 g/mol. The average Bonchev–Trinajstić information content (AvgIpc) is 3.09. The number of thiazole rings is 1. The van der Waals surface area contributed by atoms with Crippen molar-refractivity contribution in [2.24, 2.45) is 4.99 Å². The molecule has 0 bridgehead atoms. The lowest BCUT2D eigenvalue weighted by Gasteiger charge is -2.03. The van der Waals surface area contributed by atoms with Gasteiger partial charge in [0.1, 0.15) is 0 Å². The summed E-state index contributed by atoms with van der Waals surface area (Å²) in [4.78, 5) is 17.6. The summed E-state index contributed by atoms with van der Waals surface area (Å²) in [6.45, 7) is 0.250. The van der Waals surface area contributed by atoms with Crippen molar-refractivity contribution in [2.45, 2.75) is 6.54 Å². The van der Waals surface area contributed by atoms with Gasteiger partial charge in [0.15, 0.2) is 4.80 Å². The quantitative estimate of drug-likeness (QED) is 0.498. The fourth-order valence-electron chi connectivity index (χ4n) is 2.00. The molecule has 2 heterocycles. The maximum atomic E-state index is 12.3. The van der Waals surface area contributed by atoms with Crippen molar-refractivity contribution in [3.05, 3.63) is 47.8 Å². The van der Waals surface area contributed by atoms with Crippen molar-refractivity contribution in [1.82, 2.24) is 4.57 Å². The molecule has 3 aromatic rings. The molecule has 0 N–H and O–H groups in total. The van der Waals surface area contributed by atoms with Gasteiger partial charge in [0.2, 0.25) is 0 Å². The molecular weight excluding hydrogens is 439 g/mol. The van der Waals surface area contributed by atoms with Crippen LogP contribution >= 0.6 is 61.8 Å². The Hall–Kier alpha value is -1.10. The zero-order valence-electron chi connectivity index (χ0n) is 11.3. The largest absolute Gasteiger partial charge is 0.303 e. The van der Waals surface area contributed by atoms with Crippen LogP contribution in [0.1, 0.15) is 9.67 Å². The van der Waals surface area contributed by atoms with Gasteiger partial charge in [-0.05, 0) is 40.2 Å². The molecule has 2 aromatic heterocycles. The molecule has 0 unspecified atom stereocenters. The Balaban J connectivity index is 2.23. The van der Waals surface area contributed by atoms with Crippen LogP contribution in [-0.4, -0.2) is 10.5 Å². The lowest BCUT2D eigenvalue weighted by Crippen LogP contribution is -2.16. The minimum absolute atomic E-state index is 0.250. The summed E-state index contributed by atoms with van der Waals surface area (Å²) in [6, 6.07) is 7.09. The third-order valence-electron chi connectivity index (χ3n) is 2.96. The number of hydrogen-bond acceptors (Lipinski definition) is 3. The number of thiophene rings is 1. The van der Waals surface area contributed by atoms with E-state index in [0.29, 0.717) is 25.2 Å².